The molecule has 0 spiro atoms. The first-order valence-electron chi connectivity index (χ1n) is 8.74. The van der Waals surface area contributed by atoms with E-state index in [9.17, 15) is 14.0 Å². The highest BCUT2D eigenvalue weighted by molar-refractivity contribution is 5.98. The maximum absolute atomic E-state index is 14.5. The molecule has 0 radical (unpaired) electrons. The number of piperidine rings is 1. The first-order valence-corrected chi connectivity index (χ1v) is 8.74. The zero-order chi connectivity index (χ0) is 17.1. The number of anilines is 1. The van der Waals surface area contributed by atoms with Gasteiger partial charge in [-0.25, -0.2) is 4.39 Å². The lowest BCUT2D eigenvalue weighted by atomic mass is 9.98. The zero-order valence-corrected chi connectivity index (χ0v) is 15.3. The second kappa shape index (κ2) is 8.63. The third-order valence-corrected chi connectivity index (χ3v) is 4.79. The molecule has 0 saturated carbocycles. The number of carbonyl (C=O) groups is 2. The number of carbonyl (C=O) groups excluding carboxylic acids is 2. The minimum absolute atomic E-state index is 0. The van der Waals surface area contributed by atoms with Gasteiger partial charge in [0, 0.05) is 24.7 Å². The van der Waals surface area contributed by atoms with E-state index in [1.165, 1.54) is 6.07 Å². The van der Waals surface area contributed by atoms with Gasteiger partial charge in [-0.15, -0.1) is 12.4 Å². The molecule has 0 bridgehead atoms. The van der Waals surface area contributed by atoms with Crippen molar-refractivity contribution in [1.29, 1.82) is 0 Å². The van der Waals surface area contributed by atoms with E-state index in [1.54, 1.807) is 6.07 Å². The second-order valence-corrected chi connectivity index (χ2v) is 6.52. The average Bonchev–Trinajstić information content (AvgIpc) is 2.59. The fraction of sp³-hybridized carbons (Fsp3) is 0.556. The number of fused-ring (bicyclic) bond motifs is 1. The monoisotopic (exact) mass is 369 g/mol. The average molecular weight is 370 g/mol. The van der Waals surface area contributed by atoms with Crippen LogP contribution in [0, 0.1) is 5.82 Å². The van der Waals surface area contributed by atoms with E-state index in [4.69, 9.17) is 0 Å². The van der Waals surface area contributed by atoms with Gasteiger partial charge in [-0.2, -0.15) is 0 Å². The first kappa shape index (κ1) is 19.7. The van der Waals surface area contributed by atoms with Crippen LogP contribution in [0.25, 0.3) is 0 Å². The van der Waals surface area contributed by atoms with Crippen molar-refractivity contribution >= 4 is 29.9 Å². The van der Waals surface area contributed by atoms with E-state index < -0.39 is 5.82 Å². The van der Waals surface area contributed by atoms with Crippen LogP contribution < -0.4 is 10.6 Å². The predicted octanol–water partition coefficient (Wildman–Crippen LogP) is 2.74. The van der Waals surface area contributed by atoms with Crippen LogP contribution in [0.5, 0.6) is 0 Å². The minimum Gasteiger partial charge on any atom is -0.335 e. The topological polar surface area (TPSA) is 61.4 Å². The number of benzene rings is 1. The number of amides is 2. The van der Waals surface area contributed by atoms with Crippen molar-refractivity contribution in [3.8, 4) is 0 Å². The van der Waals surface area contributed by atoms with E-state index in [-0.39, 0.29) is 35.8 Å². The molecule has 0 atom stereocenters. The summed E-state index contributed by atoms with van der Waals surface area (Å²) in [6.45, 7) is 4.44. The zero-order valence-electron chi connectivity index (χ0n) is 14.4. The molecule has 2 heterocycles. The molecule has 2 aliphatic rings. The number of halogens is 2. The largest absolute Gasteiger partial charge is 0.335 e. The molecule has 0 aliphatic carbocycles. The van der Waals surface area contributed by atoms with Crippen LogP contribution >= 0.6 is 12.4 Å². The maximum Gasteiger partial charge on any atom is 0.257 e. The van der Waals surface area contributed by atoms with Crippen LogP contribution in [-0.4, -0.2) is 42.4 Å². The van der Waals surface area contributed by atoms with Crippen LogP contribution in [0.3, 0.4) is 0 Å². The Hall–Kier alpha value is -1.66. The fourth-order valence-electron chi connectivity index (χ4n) is 3.53. The first-order chi connectivity index (χ1) is 11.6. The highest BCUT2D eigenvalue weighted by Crippen LogP contribution is 2.27. The Labute approximate surface area is 153 Å². The summed E-state index contributed by atoms with van der Waals surface area (Å²) in [5, 5.41) is 5.97. The molecule has 0 unspecified atom stereocenters. The Bertz CT molecular complexity index is 647. The van der Waals surface area contributed by atoms with E-state index in [0.29, 0.717) is 25.1 Å². The Morgan fingerprint density at radius 1 is 1.28 bits per heavy atom. The molecule has 1 saturated heterocycles. The summed E-state index contributed by atoms with van der Waals surface area (Å²) in [5.74, 6) is -0.903. The minimum atomic E-state index is -0.559. The van der Waals surface area contributed by atoms with Crippen molar-refractivity contribution < 1.29 is 14.0 Å². The number of aryl methyl sites for hydroxylation is 1. The van der Waals surface area contributed by atoms with Gasteiger partial charge in [0.15, 0.2) is 0 Å². The molecule has 25 heavy (non-hydrogen) atoms. The highest BCUT2D eigenvalue weighted by Gasteiger charge is 2.28. The third kappa shape index (κ3) is 4.30. The highest BCUT2D eigenvalue weighted by atomic mass is 35.5. The molecule has 2 amide bonds. The summed E-state index contributed by atoms with van der Waals surface area (Å²) in [4.78, 5) is 26.3. The summed E-state index contributed by atoms with van der Waals surface area (Å²) in [5.41, 5.74) is 1.45. The molecule has 0 aromatic heterocycles. The van der Waals surface area contributed by atoms with Crippen molar-refractivity contribution in [2.24, 2.45) is 0 Å². The molecule has 2 aliphatic heterocycles. The van der Waals surface area contributed by atoms with E-state index in [2.05, 4.69) is 10.6 Å². The Kier molecular flexibility index (Phi) is 6.79. The number of hydrogen-bond acceptors (Lipinski definition) is 3. The molecule has 3 rings (SSSR count). The molecular formula is C18H25ClFN3O2. The summed E-state index contributed by atoms with van der Waals surface area (Å²) in [6.07, 6.45) is 3.56. The molecule has 7 heteroatoms. The standard InChI is InChI=1S/C18H24FN3O2.ClH/c1-2-9-22(13-5-7-20-8-6-13)18(24)14-10-12-3-4-17(23)21-16(12)11-15(14)19;/h10-11,13,20H,2-9H2,1H3,(H,21,23);1H. The summed E-state index contributed by atoms with van der Waals surface area (Å²) in [6, 6.07) is 3.07. The van der Waals surface area contributed by atoms with E-state index in [0.717, 1.165) is 37.9 Å². The second-order valence-electron chi connectivity index (χ2n) is 6.52. The van der Waals surface area contributed by atoms with Gasteiger partial charge in [-0.05, 0) is 56.5 Å². The van der Waals surface area contributed by atoms with Gasteiger partial charge in [0.25, 0.3) is 5.91 Å². The lowest BCUT2D eigenvalue weighted by Gasteiger charge is -2.35. The van der Waals surface area contributed by atoms with Gasteiger partial charge in [0.05, 0.1) is 5.56 Å². The molecule has 2 N–H and O–H groups in total. The van der Waals surface area contributed by atoms with Crippen molar-refractivity contribution in [2.75, 3.05) is 25.0 Å². The van der Waals surface area contributed by atoms with Gasteiger partial charge < -0.3 is 15.5 Å². The molecule has 1 fully saturated rings. The number of rotatable bonds is 4. The van der Waals surface area contributed by atoms with Crippen LogP contribution in [0.1, 0.15) is 48.5 Å². The van der Waals surface area contributed by atoms with Crippen molar-refractivity contribution in [3.05, 3.63) is 29.1 Å². The van der Waals surface area contributed by atoms with Gasteiger partial charge in [-0.3, -0.25) is 9.59 Å². The van der Waals surface area contributed by atoms with Crippen LogP contribution in [-0.2, 0) is 11.2 Å². The SMILES string of the molecule is CCCN(C(=O)c1cc2c(cc1F)NC(=O)CC2)C1CCNCC1.Cl. The normalized spacial score (nSPS) is 17.3. The van der Waals surface area contributed by atoms with Crippen molar-refractivity contribution in [2.45, 2.75) is 45.1 Å². The van der Waals surface area contributed by atoms with Gasteiger partial charge >= 0.3 is 0 Å². The maximum atomic E-state index is 14.5. The van der Waals surface area contributed by atoms with Gasteiger partial charge in [-0.1, -0.05) is 6.92 Å². The van der Waals surface area contributed by atoms with Gasteiger partial charge in [0.1, 0.15) is 5.82 Å². The van der Waals surface area contributed by atoms with Crippen LogP contribution in [0.2, 0.25) is 0 Å². The van der Waals surface area contributed by atoms with Crippen molar-refractivity contribution in [3.63, 3.8) is 0 Å². The molecular weight excluding hydrogens is 345 g/mol. The number of hydrogen-bond donors (Lipinski definition) is 2. The molecule has 1 aromatic rings. The van der Waals surface area contributed by atoms with E-state index in [1.807, 2.05) is 11.8 Å². The molecule has 5 nitrogen and oxygen atoms in total. The Morgan fingerprint density at radius 3 is 2.68 bits per heavy atom. The van der Waals surface area contributed by atoms with Gasteiger partial charge in [0.2, 0.25) is 5.91 Å². The lowest BCUT2D eigenvalue weighted by Crippen LogP contribution is -2.46. The third-order valence-electron chi connectivity index (χ3n) is 4.79. The fourth-order valence-corrected chi connectivity index (χ4v) is 3.53. The summed E-state index contributed by atoms with van der Waals surface area (Å²) < 4.78 is 14.5. The van der Waals surface area contributed by atoms with Crippen LogP contribution in [0.15, 0.2) is 12.1 Å². The predicted molar refractivity (Wildman–Crippen MR) is 97.8 cm³/mol. The summed E-state index contributed by atoms with van der Waals surface area (Å²) in [7, 11) is 0. The smallest absolute Gasteiger partial charge is 0.257 e. The quantitative estimate of drug-likeness (QED) is 0.857. The number of nitrogens with one attached hydrogen (secondary N) is 2. The lowest BCUT2D eigenvalue weighted by molar-refractivity contribution is -0.116. The van der Waals surface area contributed by atoms with E-state index >= 15 is 0 Å². The van der Waals surface area contributed by atoms with Crippen molar-refractivity contribution in [1.82, 2.24) is 10.2 Å². The number of nitrogens with zero attached hydrogens (tertiary/aromatic N) is 1. The Balaban J connectivity index is 0.00000225. The Morgan fingerprint density at radius 2 is 2.00 bits per heavy atom. The molecule has 1 aromatic carbocycles. The summed E-state index contributed by atoms with van der Waals surface area (Å²) >= 11 is 0. The van der Waals surface area contributed by atoms with Crippen LogP contribution in [0.4, 0.5) is 10.1 Å². The molecule has 138 valence electrons.